The Kier molecular flexibility index (Phi) is 6.48. The first-order valence-electron chi connectivity index (χ1n) is 10.8. The molecule has 0 bridgehead atoms. The van der Waals surface area contributed by atoms with Gasteiger partial charge in [0.05, 0.1) is 10.9 Å². The number of para-hydroxylation sites is 1. The number of sulfonamides is 1. The topological polar surface area (TPSA) is 91.8 Å². The van der Waals surface area contributed by atoms with Crippen molar-refractivity contribution in [1.29, 1.82) is 0 Å². The van der Waals surface area contributed by atoms with Crippen LogP contribution in [0.5, 0.6) is 5.75 Å². The monoisotopic (exact) mass is 442 g/mol. The van der Waals surface area contributed by atoms with E-state index in [4.69, 9.17) is 4.74 Å². The van der Waals surface area contributed by atoms with Crippen LogP contribution >= 0.6 is 0 Å². The molecule has 2 aliphatic rings. The number of nitrogens with one attached hydrogen (secondary N) is 3. The van der Waals surface area contributed by atoms with Crippen molar-refractivity contribution in [2.75, 3.05) is 20.1 Å². The van der Waals surface area contributed by atoms with E-state index in [1.165, 1.54) is 12.8 Å². The molecule has 166 valence electrons. The van der Waals surface area contributed by atoms with Gasteiger partial charge in [-0.05, 0) is 43.9 Å². The number of benzene rings is 2. The highest BCUT2D eigenvalue weighted by atomic mass is 32.2. The summed E-state index contributed by atoms with van der Waals surface area (Å²) < 4.78 is 33.7. The maximum Gasteiger partial charge on any atom is 0.240 e. The van der Waals surface area contributed by atoms with E-state index < -0.39 is 10.0 Å². The van der Waals surface area contributed by atoms with Gasteiger partial charge in [0.15, 0.2) is 5.96 Å². The summed E-state index contributed by atoms with van der Waals surface area (Å²) in [4.78, 5) is 4.60. The molecule has 8 heteroatoms. The van der Waals surface area contributed by atoms with Gasteiger partial charge < -0.3 is 15.4 Å². The van der Waals surface area contributed by atoms with Gasteiger partial charge in [-0.3, -0.25) is 4.99 Å². The van der Waals surface area contributed by atoms with Crippen LogP contribution in [0.25, 0.3) is 0 Å². The largest absolute Gasteiger partial charge is 0.487 e. The second-order valence-corrected chi connectivity index (χ2v) is 9.91. The number of aliphatic imine (C=N–C) groups is 1. The van der Waals surface area contributed by atoms with Gasteiger partial charge in [-0.15, -0.1) is 0 Å². The quantitative estimate of drug-likeness (QED) is 0.363. The minimum absolute atomic E-state index is 0.0928. The lowest BCUT2D eigenvalue weighted by Gasteiger charge is -2.40. The Morgan fingerprint density at radius 2 is 1.77 bits per heavy atom. The third-order valence-electron chi connectivity index (χ3n) is 6.01. The Morgan fingerprint density at radius 3 is 2.52 bits per heavy atom. The molecule has 0 saturated heterocycles. The molecule has 3 N–H and O–H groups in total. The number of hydrogen-bond acceptors (Lipinski definition) is 4. The van der Waals surface area contributed by atoms with Crippen LogP contribution in [-0.4, -0.2) is 40.1 Å². The first-order valence-corrected chi connectivity index (χ1v) is 12.3. The fourth-order valence-corrected chi connectivity index (χ4v) is 5.53. The molecule has 2 aromatic carbocycles. The van der Waals surface area contributed by atoms with Gasteiger partial charge in [0.1, 0.15) is 11.4 Å². The Hall–Kier alpha value is -2.58. The maximum atomic E-state index is 12.3. The van der Waals surface area contributed by atoms with Gasteiger partial charge in [-0.25, -0.2) is 13.1 Å². The van der Waals surface area contributed by atoms with Gasteiger partial charge in [-0.1, -0.05) is 36.4 Å². The minimum atomic E-state index is -3.51. The zero-order chi connectivity index (χ0) is 21.7. The van der Waals surface area contributed by atoms with Crippen molar-refractivity contribution < 1.29 is 13.2 Å². The first-order chi connectivity index (χ1) is 15.0. The summed E-state index contributed by atoms with van der Waals surface area (Å²) in [5.74, 6) is 1.59. The molecule has 1 unspecified atom stereocenters. The molecule has 0 radical (unpaired) electrons. The van der Waals surface area contributed by atoms with E-state index in [9.17, 15) is 8.42 Å². The maximum absolute atomic E-state index is 12.3. The van der Waals surface area contributed by atoms with Crippen LogP contribution in [-0.2, 0) is 10.0 Å². The lowest BCUT2D eigenvalue weighted by molar-refractivity contribution is 0.0396. The summed E-state index contributed by atoms with van der Waals surface area (Å²) in [5.41, 5.74) is 1.03. The van der Waals surface area contributed by atoms with Crippen LogP contribution in [0.3, 0.4) is 0 Å². The second-order valence-electron chi connectivity index (χ2n) is 8.14. The fraction of sp³-hybridized carbons (Fsp3) is 0.435. The van der Waals surface area contributed by atoms with E-state index in [1.807, 2.05) is 18.2 Å². The standard InChI is InChI=1S/C23H30N4O3S/c1-24-22(25-15-16-26-31(28,29)18-9-3-2-4-10-18)27-20-17-23(13-7-8-14-23)30-21-12-6-5-11-19(20)21/h2-6,9-12,20,26H,7-8,13-17H2,1H3,(H2,24,25,27). The summed E-state index contributed by atoms with van der Waals surface area (Å²) in [6, 6.07) is 16.6. The van der Waals surface area contributed by atoms with Crippen LogP contribution in [0.4, 0.5) is 0 Å². The normalized spacial score (nSPS) is 20.2. The molecule has 4 rings (SSSR count). The highest BCUT2D eigenvalue weighted by molar-refractivity contribution is 7.89. The molecule has 1 spiro atoms. The van der Waals surface area contributed by atoms with Gasteiger partial charge in [0.2, 0.25) is 10.0 Å². The highest BCUT2D eigenvalue weighted by Crippen LogP contribution is 2.46. The first kappa shape index (κ1) is 21.6. The Balaban J connectivity index is 1.36. The van der Waals surface area contributed by atoms with Crippen LogP contribution < -0.4 is 20.1 Å². The molecule has 1 saturated carbocycles. The smallest absolute Gasteiger partial charge is 0.240 e. The lowest BCUT2D eigenvalue weighted by atomic mass is 9.86. The molecule has 1 atom stereocenters. The SMILES string of the molecule is CN=C(NCCNS(=O)(=O)c1ccccc1)NC1CC2(CCCC2)Oc2ccccc21. The lowest BCUT2D eigenvalue weighted by Crippen LogP contribution is -2.47. The number of fused-ring (bicyclic) bond motifs is 1. The number of ether oxygens (including phenoxy) is 1. The van der Waals surface area contributed by atoms with Crippen LogP contribution in [0.2, 0.25) is 0 Å². The molecular formula is C23H30N4O3S. The predicted octanol–water partition coefficient (Wildman–Crippen LogP) is 2.97. The van der Waals surface area contributed by atoms with Crippen molar-refractivity contribution >= 4 is 16.0 Å². The third-order valence-corrected chi connectivity index (χ3v) is 7.49. The molecule has 1 fully saturated rings. The molecule has 0 aromatic heterocycles. The van der Waals surface area contributed by atoms with Crippen LogP contribution in [0.15, 0.2) is 64.5 Å². The van der Waals surface area contributed by atoms with Gasteiger partial charge in [0.25, 0.3) is 0 Å². The second kappa shape index (κ2) is 9.28. The molecule has 1 aliphatic heterocycles. The van der Waals surface area contributed by atoms with Gasteiger partial charge >= 0.3 is 0 Å². The van der Waals surface area contributed by atoms with Crippen molar-refractivity contribution in [2.45, 2.75) is 48.6 Å². The summed E-state index contributed by atoms with van der Waals surface area (Å²) in [5, 5.41) is 6.75. The Bertz CT molecular complexity index is 1020. The minimum Gasteiger partial charge on any atom is -0.487 e. The van der Waals surface area contributed by atoms with Crippen molar-refractivity contribution in [2.24, 2.45) is 4.99 Å². The van der Waals surface area contributed by atoms with Crippen molar-refractivity contribution in [3.8, 4) is 5.75 Å². The summed E-state index contributed by atoms with van der Waals surface area (Å²) >= 11 is 0. The van der Waals surface area contributed by atoms with E-state index in [0.717, 1.165) is 30.6 Å². The molecule has 31 heavy (non-hydrogen) atoms. The number of guanidine groups is 1. The number of rotatable bonds is 6. The average molecular weight is 443 g/mol. The van der Waals surface area contributed by atoms with Gasteiger partial charge in [-0.2, -0.15) is 0 Å². The number of hydrogen-bond donors (Lipinski definition) is 3. The molecule has 1 heterocycles. The predicted molar refractivity (Wildman–Crippen MR) is 122 cm³/mol. The summed E-state index contributed by atoms with van der Waals surface area (Å²) in [7, 11) is -1.79. The Morgan fingerprint density at radius 1 is 1.06 bits per heavy atom. The molecule has 1 aliphatic carbocycles. The third kappa shape index (κ3) is 5.02. The summed E-state index contributed by atoms with van der Waals surface area (Å²) in [6.07, 6.45) is 5.44. The van der Waals surface area contributed by atoms with E-state index in [0.29, 0.717) is 12.5 Å². The number of nitrogens with zero attached hydrogens (tertiary/aromatic N) is 1. The molecule has 2 aromatic rings. The van der Waals surface area contributed by atoms with Crippen molar-refractivity contribution in [1.82, 2.24) is 15.4 Å². The van der Waals surface area contributed by atoms with Crippen LogP contribution in [0.1, 0.15) is 43.7 Å². The molecule has 0 amide bonds. The Labute approximate surface area is 184 Å². The van der Waals surface area contributed by atoms with E-state index in [2.05, 4.69) is 26.4 Å². The zero-order valence-corrected chi connectivity index (χ0v) is 18.6. The zero-order valence-electron chi connectivity index (χ0n) is 17.8. The van der Waals surface area contributed by atoms with Crippen LogP contribution in [0, 0.1) is 0 Å². The van der Waals surface area contributed by atoms with Gasteiger partial charge in [0, 0.05) is 32.1 Å². The average Bonchev–Trinajstić information content (AvgIpc) is 3.23. The fourth-order valence-electron chi connectivity index (χ4n) is 4.48. The highest BCUT2D eigenvalue weighted by Gasteiger charge is 2.43. The van der Waals surface area contributed by atoms with Crippen molar-refractivity contribution in [3.63, 3.8) is 0 Å². The van der Waals surface area contributed by atoms with E-state index >= 15 is 0 Å². The molecular weight excluding hydrogens is 412 g/mol. The summed E-state index contributed by atoms with van der Waals surface area (Å²) in [6.45, 7) is 0.675. The molecule has 7 nitrogen and oxygen atoms in total. The van der Waals surface area contributed by atoms with Crippen molar-refractivity contribution in [3.05, 3.63) is 60.2 Å². The van der Waals surface area contributed by atoms with E-state index in [1.54, 1.807) is 37.4 Å². The van der Waals surface area contributed by atoms with E-state index in [-0.39, 0.29) is 23.1 Å².